The second-order valence-corrected chi connectivity index (χ2v) is 5.30. The molecule has 0 bridgehead atoms. The molecule has 136 valence electrons. The van der Waals surface area contributed by atoms with Crippen LogP contribution >= 0.6 is 0 Å². The van der Waals surface area contributed by atoms with E-state index >= 15 is 0 Å². The maximum atomic E-state index is 11.7. The first kappa shape index (κ1) is 19.1. The summed E-state index contributed by atoms with van der Waals surface area (Å²) in [5.41, 5.74) is 1.30. The van der Waals surface area contributed by atoms with Crippen LogP contribution in [-0.4, -0.2) is 39.4 Å². The standard InChI is InChI=1S/C20H20O6/c1-14(12-25-17-10-6-4-8-15(17)19(21)23-2)13-26-18-11-7-5-9-16(18)20(22)24-3/h4-11H,1,12-13H2,2-3H3. The Kier molecular flexibility index (Phi) is 6.79. The molecule has 6 nitrogen and oxygen atoms in total. The van der Waals surface area contributed by atoms with Crippen LogP contribution in [0.15, 0.2) is 60.7 Å². The van der Waals surface area contributed by atoms with Crippen molar-refractivity contribution in [2.45, 2.75) is 0 Å². The topological polar surface area (TPSA) is 71.1 Å². The Morgan fingerprint density at radius 1 is 0.769 bits per heavy atom. The molecule has 0 amide bonds. The van der Waals surface area contributed by atoms with Crippen LogP contribution in [0.5, 0.6) is 11.5 Å². The van der Waals surface area contributed by atoms with E-state index in [1.54, 1.807) is 48.5 Å². The smallest absolute Gasteiger partial charge is 0.341 e. The molecule has 0 heterocycles. The van der Waals surface area contributed by atoms with E-state index in [2.05, 4.69) is 6.58 Å². The number of carbonyl (C=O) groups excluding carboxylic acids is 2. The van der Waals surface area contributed by atoms with Crippen molar-refractivity contribution in [1.29, 1.82) is 0 Å². The van der Waals surface area contributed by atoms with E-state index < -0.39 is 11.9 Å². The van der Waals surface area contributed by atoms with E-state index in [4.69, 9.17) is 18.9 Å². The van der Waals surface area contributed by atoms with E-state index in [0.717, 1.165) is 0 Å². The lowest BCUT2D eigenvalue weighted by atomic mass is 10.2. The summed E-state index contributed by atoms with van der Waals surface area (Å²) in [6, 6.07) is 13.5. The quantitative estimate of drug-likeness (QED) is 0.534. The van der Waals surface area contributed by atoms with Crippen LogP contribution in [0.2, 0.25) is 0 Å². The number of benzene rings is 2. The Labute approximate surface area is 151 Å². The van der Waals surface area contributed by atoms with Crippen LogP contribution in [0.25, 0.3) is 0 Å². The fourth-order valence-corrected chi connectivity index (χ4v) is 2.14. The number of hydrogen-bond acceptors (Lipinski definition) is 6. The number of esters is 2. The number of rotatable bonds is 8. The first-order chi connectivity index (χ1) is 12.6. The van der Waals surface area contributed by atoms with E-state index in [-0.39, 0.29) is 13.2 Å². The molecule has 2 aromatic rings. The van der Waals surface area contributed by atoms with E-state index in [9.17, 15) is 9.59 Å². The minimum absolute atomic E-state index is 0.147. The predicted octanol–water partition coefficient (Wildman–Crippen LogP) is 3.27. The third-order valence-corrected chi connectivity index (χ3v) is 3.45. The van der Waals surface area contributed by atoms with Gasteiger partial charge in [0.05, 0.1) is 14.2 Å². The molecule has 0 aliphatic heterocycles. The normalized spacial score (nSPS) is 9.92. The molecule has 6 heteroatoms. The Bertz CT molecular complexity index is 731. The second-order valence-electron chi connectivity index (χ2n) is 5.30. The highest BCUT2D eigenvalue weighted by Gasteiger charge is 2.14. The molecule has 0 radical (unpaired) electrons. The Morgan fingerprint density at radius 3 is 1.54 bits per heavy atom. The van der Waals surface area contributed by atoms with Crippen molar-refractivity contribution in [3.63, 3.8) is 0 Å². The van der Waals surface area contributed by atoms with E-state index in [1.165, 1.54) is 14.2 Å². The van der Waals surface area contributed by atoms with Crippen molar-refractivity contribution >= 4 is 11.9 Å². The van der Waals surface area contributed by atoms with Crippen LogP contribution in [0.3, 0.4) is 0 Å². The van der Waals surface area contributed by atoms with Gasteiger partial charge in [0, 0.05) is 0 Å². The lowest BCUT2D eigenvalue weighted by molar-refractivity contribution is 0.0588. The molecule has 0 aliphatic carbocycles. The van der Waals surface area contributed by atoms with Crippen molar-refractivity contribution in [2.75, 3.05) is 27.4 Å². The van der Waals surface area contributed by atoms with Gasteiger partial charge in [-0.25, -0.2) is 9.59 Å². The minimum Gasteiger partial charge on any atom is -0.488 e. The largest absolute Gasteiger partial charge is 0.488 e. The average Bonchev–Trinajstić information content (AvgIpc) is 2.69. The third kappa shape index (κ3) is 4.86. The number of methoxy groups -OCH3 is 2. The minimum atomic E-state index is -0.477. The van der Waals surface area contributed by atoms with Gasteiger partial charge in [0.15, 0.2) is 0 Å². The molecular formula is C20H20O6. The maximum absolute atomic E-state index is 11.7. The molecule has 2 rings (SSSR count). The molecule has 0 saturated carbocycles. The van der Waals surface area contributed by atoms with Crippen molar-refractivity contribution in [3.05, 3.63) is 71.8 Å². The molecule has 0 atom stereocenters. The Hall–Kier alpha value is -3.28. The average molecular weight is 356 g/mol. The maximum Gasteiger partial charge on any atom is 0.341 e. The van der Waals surface area contributed by atoms with Crippen molar-refractivity contribution in [2.24, 2.45) is 0 Å². The molecule has 26 heavy (non-hydrogen) atoms. The summed E-state index contributed by atoms with van der Waals surface area (Å²) in [5, 5.41) is 0. The van der Waals surface area contributed by atoms with Crippen LogP contribution < -0.4 is 9.47 Å². The molecule has 0 spiro atoms. The van der Waals surface area contributed by atoms with Crippen molar-refractivity contribution in [1.82, 2.24) is 0 Å². The molecule has 2 aromatic carbocycles. The van der Waals surface area contributed by atoms with Crippen molar-refractivity contribution < 1.29 is 28.5 Å². The predicted molar refractivity (Wildman–Crippen MR) is 95.7 cm³/mol. The molecule has 0 saturated heterocycles. The van der Waals surface area contributed by atoms with Crippen molar-refractivity contribution in [3.8, 4) is 11.5 Å². The van der Waals surface area contributed by atoms with Gasteiger partial charge in [-0.1, -0.05) is 30.8 Å². The Morgan fingerprint density at radius 2 is 1.15 bits per heavy atom. The lowest BCUT2D eigenvalue weighted by Crippen LogP contribution is -2.12. The fraction of sp³-hybridized carbons (Fsp3) is 0.200. The SMILES string of the molecule is C=C(COc1ccccc1C(=O)OC)COc1ccccc1C(=O)OC. The highest BCUT2D eigenvalue weighted by Crippen LogP contribution is 2.21. The van der Waals surface area contributed by atoms with Gasteiger partial charge < -0.3 is 18.9 Å². The van der Waals surface area contributed by atoms with Gasteiger partial charge in [-0.15, -0.1) is 0 Å². The summed E-state index contributed by atoms with van der Waals surface area (Å²) in [6.45, 7) is 4.19. The van der Waals surface area contributed by atoms with Crippen LogP contribution in [-0.2, 0) is 9.47 Å². The molecule has 0 N–H and O–H groups in total. The molecule has 0 unspecified atom stereocenters. The number of carbonyl (C=O) groups is 2. The third-order valence-electron chi connectivity index (χ3n) is 3.45. The number of hydrogen-bond donors (Lipinski definition) is 0. The van der Waals surface area contributed by atoms with Gasteiger partial charge in [-0.05, 0) is 29.8 Å². The van der Waals surface area contributed by atoms with Crippen LogP contribution in [0, 0.1) is 0 Å². The molecular weight excluding hydrogens is 336 g/mol. The fourth-order valence-electron chi connectivity index (χ4n) is 2.14. The molecule has 0 aliphatic rings. The summed E-state index contributed by atoms with van der Waals surface area (Å²) in [4.78, 5) is 23.5. The first-order valence-corrected chi connectivity index (χ1v) is 7.83. The van der Waals surface area contributed by atoms with Gasteiger partial charge in [0.1, 0.15) is 35.8 Å². The summed E-state index contributed by atoms with van der Waals surface area (Å²) in [7, 11) is 2.62. The van der Waals surface area contributed by atoms with Gasteiger partial charge in [-0.2, -0.15) is 0 Å². The number of para-hydroxylation sites is 2. The zero-order chi connectivity index (χ0) is 18.9. The molecule has 0 aromatic heterocycles. The first-order valence-electron chi connectivity index (χ1n) is 7.83. The summed E-state index contributed by atoms with van der Waals surface area (Å²) >= 11 is 0. The van der Waals surface area contributed by atoms with Gasteiger partial charge >= 0.3 is 11.9 Å². The van der Waals surface area contributed by atoms with Gasteiger partial charge in [0.25, 0.3) is 0 Å². The summed E-state index contributed by atoms with van der Waals surface area (Å²) in [5.74, 6) is -0.158. The van der Waals surface area contributed by atoms with E-state index in [0.29, 0.717) is 28.2 Å². The summed E-state index contributed by atoms with van der Waals surface area (Å²) < 4.78 is 20.7. The van der Waals surface area contributed by atoms with Gasteiger partial charge in [-0.3, -0.25) is 0 Å². The Balaban J connectivity index is 1.95. The molecule has 0 fully saturated rings. The summed E-state index contributed by atoms with van der Waals surface area (Å²) in [6.07, 6.45) is 0. The lowest BCUT2D eigenvalue weighted by Gasteiger charge is -2.13. The van der Waals surface area contributed by atoms with Crippen LogP contribution in [0.1, 0.15) is 20.7 Å². The highest BCUT2D eigenvalue weighted by molar-refractivity contribution is 5.92. The monoisotopic (exact) mass is 356 g/mol. The zero-order valence-corrected chi connectivity index (χ0v) is 14.7. The zero-order valence-electron chi connectivity index (χ0n) is 14.7. The van der Waals surface area contributed by atoms with E-state index in [1.807, 2.05) is 0 Å². The second kappa shape index (κ2) is 9.27. The highest BCUT2D eigenvalue weighted by atomic mass is 16.5. The van der Waals surface area contributed by atoms with Crippen LogP contribution in [0.4, 0.5) is 0 Å². The van der Waals surface area contributed by atoms with Gasteiger partial charge in [0.2, 0.25) is 0 Å². The number of ether oxygens (including phenoxy) is 4.